The first-order valence-corrected chi connectivity index (χ1v) is 10.9. The zero-order valence-electron chi connectivity index (χ0n) is 13.1. The monoisotopic (exact) mass is 463 g/mol. The normalized spacial score (nSPS) is 15.2. The van der Waals surface area contributed by atoms with E-state index in [1.54, 1.807) is 0 Å². The molecule has 0 unspecified atom stereocenters. The van der Waals surface area contributed by atoms with Crippen molar-refractivity contribution < 1.29 is 40.6 Å². The van der Waals surface area contributed by atoms with Crippen molar-refractivity contribution in [3.63, 3.8) is 0 Å². The SMILES string of the molecule is Cc1cc(C)c([I+]c2ccc(C)c(S(F)(F)(F)(F)F)c2)c(C)c1. The Hall–Kier alpha value is -0.830. The lowest BCUT2D eigenvalue weighted by molar-refractivity contribution is -0.599. The quantitative estimate of drug-likeness (QED) is 0.481. The van der Waals surface area contributed by atoms with E-state index in [0.29, 0.717) is 9.64 Å². The van der Waals surface area contributed by atoms with E-state index in [1.807, 2.05) is 32.9 Å². The minimum Gasteiger partial charge on any atom is -0.0936 e. The molecule has 128 valence electrons. The lowest BCUT2D eigenvalue weighted by Crippen LogP contribution is -3.62. The summed E-state index contributed by atoms with van der Waals surface area (Å²) in [6.45, 7) is 6.81. The van der Waals surface area contributed by atoms with E-state index in [-0.39, 0.29) is 0 Å². The highest BCUT2D eigenvalue weighted by atomic mass is 127. The molecule has 0 radical (unpaired) electrons. The molecule has 0 nitrogen and oxygen atoms in total. The topological polar surface area (TPSA) is 0 Å². The molecule has 0 spiro atoms. The molecule has 0 amide bonds. The maximum absolute atomic E-state index is 13.2. The van der Waals surface area contributed by atoms with E-state index >= 15 is 0 Å². The van der Waals surface area contributed by atoms with Gasteiger partial charge in [0, 0.05) is 17.2 Å². The summed E-state index contributed by atoms with van der Waals surface area (Å²) in [4.78, 5) is -1.76. The molecule has 0 saturated heterocycles. The van der Waals surface area contributed by atoms with Crippen LogP contribution in [0.2, 0.25) is 0 Å². The molecule has 0 bridgehead atoms. The zero-order valence-corrected chi connectivity index (χ0v) is 16.0. The highest BCUT2D eigenvalue weighted by molar-refractivity contribution is 8.45. The molecular weight excluding hydrogens is 446 g/mol. The van der Waals surface area contributed by atoms with Gasteiger partial charge in [-0.05, 0) is 39.3 Å². The van der Waals surface area contributed by atoms with Crippen LogP contribution in [0.3, 0.4) is 0 Å². The van der Waals surface area contributed by atoms with Crippen LogP contribution in [0.5, 0.6) is 0 Å². The third-order valence-electron chi connectivity index (χ3n) is 3.35. The second-order valence-electron chi connectivity index (χ2n) is 5.69. The second kappa shape index (κ2) is 5.08. The van der Waals surface area contributed by atoms with Gasteiger partial charge in [-0.3, -0.25) is 0 Å². The van der Waals surface area contributed by atoms with Crippen LogP contribution in [-0.4, -0.2) is 0 Å². The zero-order chi connectivity index (χ0) is 17.7. The third kappa shape index (κ3) is 4.37. The average molecular weight is 463 g/mol. The average Bonchev–Trinajstić information content (AvgIpc) is 2.32. The molecule has 0 heterocycles. The molecule has 2 rings (SSSR count). The molecule has 0 fully saturated rings. The van der Waals surface area contributed by atoms with Crippen molar-refractivity contribution >= 4 is 10.2 Å². The van der Waals surface area contributed by atoms with Gasteiger partial charge in [-0.2, -0.15) is 0 Å². The van der Waals surface area contributed by atoms with Gasteiger partial charge < -0.3 is 0 Å². The Morgan fingerprint density at radius 1 is 0.739 bits per heavy atom. The summed E-state index contributed by atoms with van der Waals surface area (Å²) in [6, 6.07) is 7.22. The molecule has 0 saturated carbocycles. The number of hydrogen-bond acceptors (Lipinski definition) is 0. The van der Waals surface area contributed by atoms with Gasteiger partial charge in [0.25, 0.3) is 0 Å². The predicted octanol–water partition coefficient (Wildman–Crippen LogP) is 3.71. The van der Waals surface area contributed by atoms with Crippen molar-refractivity contribution in [1.29, 1.82) is 0 Å². The van der Waals surface area contributed by atoms with Crippen LogP contribution in [0.4, 0.5) is 19.4 Å². The van der Waals surface area contributed by atoms with Gasteiger partial charge in [0.05, 0.1) is 0 Å². The first-order valence-electron chi connectivity index (χ1n) is 6.75. The van der Waals surface area contributed by atoms with Crippen molar-refractivity contribution in [2.45, 2.75) is 32.6 Å². The van der Waals surface area contributed by atoms with Crippen LogP contribution >= 0.6 is 10.2 Å². The van der Waals surface area contributed by atoms with Crippen molar-refractivity contribution in [2.24, 2.45) is 0 Å². The number of aryl methyl sites for hydroxylation is 4. The number of rotatable bonds is 3. The molecule has 0 aliphatic carbocycles. The summed E-state index contributed by atoms with van der Waals surface area (Å²) in [5.41, 5.74) is 2.62. The summed E-state index contributed by atoms with van der Waals surface area (Å²) in [5.74, 6) is 0. The van der Waals surface area contributed by atoms with E-state index in [4.69, 9.17) is 0 Å². The van der Waals surface area contributed by atoms with Crippen molar-refractivity contribution in [1.82, 2.24) is 0 Å². The minimum absolute atomic E-state index is 0.340. The van der Waals surface area contributed by atoms with Gasteiger partial charge in [-0.15, -0.1) is 0 Å². The second-order valence-corrected chi connectivity index (χ2v) is 10.9. The largest absolute Gasteiger partial charge is 0.358 e. The van der Waals surface area contributed by atoms with Crippen LogP contribution < -0.4 is 21.2 Å². The first kappa shape index (κ1) is 18.5. The van der Waals surface area contributed by atoms with Crippen LogP contribution in [0.25, 0.3) is 0 Å². The molecular formula is C16H17F5IS+. The standard InChI is InChI=1S/C16H17F5IS/c1-10-7-12(3)16(13(4)8-10)22-14-6-5-11(2)15(9-14)23(17,18,19,20)21/h5-9H,1-4H3/q+1. The number of hydrogen-bond donors (Lipinski definition) is 0. The molecule has 23 heavy (non-hydrogen) atoms. The molecule has 0 N–H and O–H groups in total. The Bertz CT molecular complexity index is 758. The minimum atomic E-state index is -9.66. The first-order chi connectivity index (χ1) is 10.2. The maximum Gasteiger partial charge on any atom is 0.358 e. The summed E-state index contributed by atoms with van der Waals surface area (Å²) in [5, 5.41) is 0. The summed E-state index contributed by atoms with van der Waals surface area (Å²) in [6.07, 6.45) is 0. The molecule has 0 aliphatic heterocycles. The Kier molecular flexibility index (Phi) is 4.09. The summed E-state index contributed by atoms with van der Waals surface area (Å²) < 4.78 is 67.1. The number of benzene rings is 2. The predicted molar refractivity (Wildman–Crippen MR) is 80.6 cm³/mol. The summed E-state index contributed by atoms with van der Waals surface area (Å²) in [7, 11) is -9.66. The van der Waals surface area contributed by atoms with Gasteiger partial charge in [0.2, 0.25) is 0 Å². The van der Waals surface area contributed by atoms with Crippen LogP contribution in [-0.2, 0) is 0 Å². The molecule has 0 aliphatic rings. The lowest BCUT2D eigenvalue weighted by Gasteiger charge is -2.41. The Labute approximate surface area is 143 Å². The third-order valence-corrected chi connectivity index (χ3v) is 8.16. The Morgan fingerprint density at radius 3 is 1.74 bits per heavy atom. The highest BCUT2D eigenvalue weighted by Gasteiger charge is 2.66. The smallest absolute Gasteiger partial charge is 0.0936 e. The van der Waals surface area contributed by atoms with Gasteiger partial charge in [-0.1, -0.05) is 43.2 Å². The summed E-state index contributed by atoms with van der Waals surface area (Å²) >= 11 is -0.965. The van der Waals surface area contributed by atoms with Gasteiger partial charge >= 0.3 is 31.4 Å². The molecule has 0 aromatic heterocycles. The van der Waals surface area contributed by atoms with Gasteiger partial charge in [0.1, 0.15) is 4.90 Å². The maximum atomic E-state index is 13.2. The van der Waals surface area contributed by atoms with E-state index in [2.05, 4.69) is 0 Å². The van der Waals surface area contributed by atoms with E-state index in [1.165, 1.54) is 6.07 Å². The van der Waals surface area contributed by atoms with Crippen LogP contribution in [0.15, 0.2) is 35.2 Å². The Balaban J connectivity index is 2.53. The van der Waals surface area contributed by atoms with Crippen molar-refractivity contribution in [3.8, 4) is 0 Å². The highest BCUT2D eigenvalue weighted by Crippen LogP contribution is 3.02. The van der Waals surface area contributed by atoms with Crippen molar-refractivity contribution in [2.75, 3.05) is 0 Å². The van der Waals surface area contributed by atoms with E-state index < -0.39 is 41.9 Å². The lowest BCUT2D eigenvalue weighted by atomic mass is 10.1. The fraction of sp³-hybridized carbons (Fsp3) is 0.250. The van der Waals surface area contributed by atoms with E-state index in [9.17, 15) is 19.4 Å². The molecule has 2 aromatic carbocycles. The number of halogens is 6. The van der Waals surface area contributed by atoms with Gasteiger partial charge in [-0.25, -0.2) is 0 Å². The molecule has 0 atom stereocenters. The van der Waals surface area contributed by atoms with Crippen LogP contribution in [0.1, 0.15) is 22.3 Å². The molecule has 2 aromatic rings. The Morgan fingerprint density at radius 2 is 1.26 bits per heavy atom. The van der Waals surface area contributed by atoms with Crippen molar-refractivity contribution in [3.05, 3.63) is 59.7 Å². The fourth-order valence-corrected chi connectivity index (χ4v) is 6.32. The fourth-order valence-electron chi connectivity index (χ4n) is 2.47. The van der Waals surface area contributed by atoms with Crippen LogP contribution in [0, 0.1) is 34.8 Å². The molecule has 7 heteroatoms. The van der Waals surface area contributed by atoms with Gasteiger partial charge in [0.15, 0.2) is 7.14 Å². The van der Waals surface area contributed by atoms with E-state index in [0.717, 1.165) is 33.3 Å².